The molecule has 1 N–H and O–H groups in total. The third kappa shape index (κ3) is 3.24. The van der Waals surface area contributed by atoms with Crippen molar-refractivity contribution in [2.45, 2.75) is 38.8 Å². The second kappa shape index (κ2) is 5.72. The SMILES string of the molecule is CC(C)NC1CCCOc2c(Br)cc(Br)cc21. The van der Waals surface area contributed by atoms with Crippen LogP contribution in [0.2, 0.25) is 0 Å². The largest absolute Gasteiger partial charge is 0.492 e. The predicted molar refractivity (Wildman–Crippen MR) is 77.6 cm³/mol. The number of benzene rings is 1. The smallest absolute Gasteiger partial charge is 0.138 e. The maximum absolute atomic E-state index is 5.84. The lowest BCUT2D eigenvalue weighted by atomic mass is 10.0. The van der Waals surface area contributed by atoms with Crippen molar-refractivity contribution in [2.24, 2.45) is 0 Å². The summed E-state index contributed by atoms with van der Waals surface area (Å²) in [5, 5.41) is 3.61. The first-order chi connectivity index (χ1) is 8.08. The molecule has 0 aromatic heterocycles. The van der Waals surface area contributed by atoms with E-state index in [2.05, 4.69) is 57.1 Å². The van der Waals surface area contributed by atoms with Gasteiger partial charge < -0.3 is 10.1 Å². The van der Waals surface area contributed by atoms with Crippen LogP contribution in [-0.4, -0.2) is 12.6 Å². The number of ether oxygens (including phenoxy) is 1. The summed E-state index contributed by atoms with van der Waals surface area (Å²) in [6, 6.07) is 5.05. The maximum Gasteiger partial charge on any atom is 0.138 e. The zero-order chi connectivity index (χ0) is 12.4. The average molecular weight is 363 g/mol. The minimum Gasteiger partial charge on any atom is -0.492 e. The summed E-state index contributed by atoms with van der Waals surface area (Å²) in [6.07, 6.45) is 2.21. The standard InChI is InChI=1S/C13H17Br2NO/c1-8(2)16-12-4-3-5-17-13-10(12)6-9(14)7-11(13)15/h6-8,12,16H,3-5H2,1-2H3. The molecule has 0 saturated carbocycles. The highest BCUT2D eigenvalue weighted by atomic mass is 79.9. The first-order valence-corrected chi connectivity index (χ1v) is 7.54. The molecule has 0 bridgehead atoms. The molecule has 2 nitrogen and oxygen atoms in total. The maximum atomic E-state index is 5.84. The van der Waals surface area contributed by atoms with E-state index in [0.29, 0.717) is 12.1 Å². The van der Waals surface area contributed by atoms with Gasteiger partial charge in [-0.2, -0.15) is 0 Å². The van der Waals surface area contributed by atoms with Gasteiger partial charge >= 0.3 is 0 Å². The monoisotopic (exact) mass is 361 g/mol. The van der Waals surface area contributed by atoms with Crippen LogP contribution in [-0.2, 0) is 0 Å². The number of hydrogen-bond donors (Lipinski definition) is 1. The predicted octanol–water partition coefficient (Wildman–Crippen LogP) is 4.42. The molecule has 0 fully saturated rings. The van der Waals surface area contributed by atoms with Crippen LogP contribution in [0.25, 0.3) is 0 Å². The normalized spacial score (nSPS) is 19.7. The van der Waals surface area contributed by atoms with E-state index in [1.54, 1.807) is 0 Å². The number of hydrogen-bond acceptors (Lipinski definition) is 2. The van der Waals surface area contributed by atoms with Crippen LogP contribution in [0.4, 0.5) is 0 Å². The number of rotatable bonds is 2. The first-order valence-electron chi connectivity index (χ1n) is 5.95. The Morgan fingerprint density at radius 1 is 1.35 bits per heavy atom. The lowest BCUT2D eigenvalue weighted by molar-refractivity contribution is 0.313. The van der Waals surface area contributed by atoms with Gasteiger partial charge in [0.1, 0.15) is 5.75 Å². The highest BCUT2D eigenvalue weighted by Crippen LogP contribution is 2.39. The number of fused-ring (bicyclic) bond motifs is 1. The minimum absolute atomic E-state index is 0.376. The average Bonchev–Trinajstić information content (AvgIpc) is 2.41. The van der Waals surface area contributed by atoms with Crippen LogP contribution < -0.4 is 10.1 Å². The Kier molecular flexibility index (Phi) is 4.50. The van der Waals surface area contributed by atoms with Gasteiger partial charge in [0.15, 0.2) is 0 Å². The molecule has 17 heavy (non-hydrogen) atoms. The third-order valence-corrected chi connectivity index (χ3v) is 3.88. The Hall–Kier alpha value is -0.0600. The Bertz CT molecular complexity index is 407. The molecule has 0 aliphatic carbocycles. The van der Waals surface area contributed by atoms with Crippen LogP contribution in [0.3, 0.4) is 0 Å². The molecule has 1 aliphatic heterocycles. The molecule has 0 amide bonds. The number of halogens is 2. The van der Waals surface area contributed by atoms with Gasteiger partial charge in [-0.05, 0) is 40.9 Å². The van der Waals surface area contributed by atoms with Crippen LogP contribution in [0, 0.1) is 0 Å². The molecular weight excluding hydrogens is 346 g/mol. The van der Waals surface area contributed by atoms with Crippen molar-refractivity contribution in [1.82, 2.24) is 5.32 Å². The van der Waals surface area contributed by atoms with Crippen molar-refractivity contribution < 1.29 is 4.74 Å². The van der Waals surface area contributed by atoms with Gasteiger partial charge in [0.25, 0.3) is 0 Å². The Labute approximate surface area is 119 Å². The second-order valence-electron chi connectivity index (χ2n) is 4.67. The summed E-state index contributed by atoms with van der Waals surface area (Å²) < 4.78 is 7.95. The molecule has 1 aliphatic rings. The number of nitrogens with one attached hydrogen (secondary N) is 1. The topological polar surface area (TPSA) is 21.3 Å². The zero-order valence-electron chi connectivity index (χ0n) is 10.1. The molecule has 0 radical (unpaired) electrons. The fourth-order valence-corrected chi connectivity index (χ4v) is 3.56. The lowest BCUT2D eigenvalue weighted by Crippen LogP contribution is -2.27. The molecule has 1 aromatic rings. The molecule has 1 atom stereocenters. The molecule has 2 rings (SSSR count). The highest BCUT2D eigenvalue weighted by molar-refractivity contribution is 9.11. The van der Waals surface area contributed by atoms with E-state index in [0.717, 1.165) is 34.1 Å². The van der Waals surface area contributed by atoms with Gasteiger partial charge in [-0.3, -0.25) is 0 Å². The van der Waals surface area contributed by atoms with E-state index in [4.69, 9.17) is 4.74 Å². The van der Waals surface area contributed by atoms with Crippen molar-refractivity contribution in [2.75, 3.05) is 6.61 Å². The van der Waals surface area contributed by atoms with E-state index >= 15 is 0 Å². The molecule has 4 heteroatoms. The Morgan fingerprint density at radius 3 is 2.82 bits per heavy atom. The van der Waals surface area contributed by atoms with E-state index in [-0.39, 0.29) is 0 Å². The van der Waals surface area contributed by atoms with Crippen molar-refractivity contribution >= 4 is 31.9 Å². The Balaban J connectivity index is 2.40. The molecule has 1 unspecified atom stereocenters. The molecule has 94 valence electrons. The van der Waals surface area contributed by atoms with Crippen molar-refractivity contribution in [1.29, 1.82) is 0 Å². The fourth-order valence-electron chi connectivity index (χ4n) is 2.18. The van der Waals surface area contributed by atoms with Gasteiger partial charge in [-0.25, -0.2) is 0 Å². The summed E-state index contributed by atoms with van der Waals surface area (Å²) in [6.45, 7) is 5.15. The molecule has 0 saturated heterocycles. The fraction of sp³-hybridized carbons (Fsp3) is 0.538. The summed E-state index contributed by atoms with van der Waals surface area (Å²) in [5.41, 5.74) is 1.25. The van der Waals surface area contributed by atoms with Crippen LogP contribution >= 0.6 is 31.9 Å². The van der Waals surface area contributed by atoms with Gasteiger partial charge in [0.2, 0.25) is 0 Å². The Morgan fingerprint density at radius 2 is 2.12 bits per heavy atom. The van der Waals surface area contributed by atoms with Crippen molar-refractivity contribution in [3.05, 3.63) is 26.6 Å². The molecule has 1 aromatic carbocycles. The van der Waals surface area contributed by atoms with Gasteiger partial charge in [-0.1, -0.05) is 29.8 Å². The van der Waals surface area contributed by atoms with Crippen LogP contribution in [0.5, 0.6) is 5.75 Å². The van der Waals surface area contributed by atoms with Gasteiger partial charge in [0, 0.05) is 22.1 Å². The third-order valence-electron chi connectivity index (χ3n) is 2.83. The minimum atomic E-state index is 0.376. The second-order valence-corrected chi connectivity index (χ2v) is 6.44. The molecular formula is C13H17Br2NO. The van der Waals surface area contributed by atoms with Crippen LogP contribution in [0.15, 0.2) is 21.1 Å². The molecule has 0 spiro atoms. The van der Waals surface area contributed by atoms with Crippen LogP contribution in [0.1, 0.15) is 38.3 Å². The highest BCUT2D eigenvalue weighted by Gasteiger charge is 2.22. The zero-order valence-corrected chi connectivity index (χ0v) is 13.3. The van der Waals surface area contributed by atoms with E-state index in [9.17, 15) is 0 Å². The summed E-state index contributed by atoms with van der Waals surface area (Å²) in [5.74, 6) is 0.990. The van der Waals surface area contributed by atoms with E-state index in [1.807, 2.05) is 6.07 Å². The lowest BCUT2D eigenvalue weighted by Gasteiger charge is -2.21. The van der Waals surface area contributed by atoms with E-state index < -0.39 is 0 Å². The molecule has 1 heterocycles. The quantitative estimate of drug-likeness (QED) is 0.840. The summed E-state index contributed by atoms with van der Waals surface area (Å²) in [4.78, 5) is 0. The van der Waals surface area contributed by atoms with E-state index in [1.165, 1.54) is 5.56 Å². The van der Waals surface area contributed by atoms with Crippen molar-refractivity contribution in [3.8, 4) is 5.75 Å². The van der Waals surface area contributed by atoms with Gasteiger partial charge in [0.05, 0.1) is 11.1 Å². The summed E-state index contributed by atoms with van der Waals surface area (Å²) in [7, 11) is 0. The first kappa shape index (κ1) is 13.4. The summed E-state index contributed by atoms with van der Waals surface area (Å²) >= 11 is 7.13. The van der Waals surface area contributed by atoms with Gasteiger partial charge in [-0.15, -0.1) is 0 Å². The van der Waals surface area contributed by atoms with Crippen molar-refractivity contribution in [3.63, 3.8) is 0 Å².